The summed E-state index contributed by atoms with van der Waals surface area (Å²) >= 11 is 0. The lowest BCUT2D eigenvalue weighted by Crippen LogP contribution is -2.12. The van der Waals surface area contributed by atoms with Crippen molar-refractivity contribution in [2.45, 2.75) is 13.3 Å². The largest absolute Gasteiger partial charge is 0.466 e. The Morgan fingerprint density at radius 3 is 3.11 bits per heavy atom. The number of pyridine rings is 1. The first kappa shape index (κ1) is 12.3. The van der Waals surface area contributed by atoms with Gasteiger partial charge in [0.05, 0.1) is 24.9 Å². The Hall–Kier alpha value is -2.11. The highest BCUT2D eigenvalue weighted by Gasteiger charge is 2.07. The predicted octanol–water partition coefficient (Wildman–Crippen LogP) is 1.33. The Bertz CT molecular complexity index is 550. The Labute approximate surface area is 105 Å². The van der Waals surface area contributed by atoms with E-state index in [0.29, 0.717) is 25.4 Å². The fourth-order valence-corrected chi connectivity index (χ4v) is 1.71. The smallest absolute Gasteiger partial charge is 0.307 e. The van der Waals surface area contributed by atoms with Crippen molar-refractivity contribution < 1.29 is 9.53 Å². The van der Waals surface area contributed by atoms with Crippen LogP contribution in [0.4, 0.5) is 5.82 Å². The lowest BCUT2D eigenvalue weighted by atomic mass is 10.3. The molecule has 0 bridgehead atoms. The summed E-state index contributed by atoms with van der Waals surface area (Å²) in [7, 11) is 1.93. The van der Waals surface area contributed by atoms with Crippen molar-refractivity contribution in [2.24, 2.45) is 7.05 Å². The number of fused-ring (bicyclic) bond motifs is 1. The zero-order chi connectivity index (χ0) is 13.0. The Morgan fingerprint density at radius 1 is 1.50 bits per heavy atom. The lowest BCUT2D eigenvalue weighted by Gasteiger charge is -2.06. The molecule has 96 valence electrons. The number of aryl methyl sites for hydroxylation is 1. The van der Waals surface area contributed by atoms with Gasteiger partial charge in [0.25, 0.3) is 0 Å². The van der Waals surface area contributed by atoms with E-state index in [-0.39, 0.29) is 5.97 Å². The molecule has 0 amide bonds. The molecular weight excluding hydrogens is 232 g/mol. The van der Waals surface area contributed by atoms with Crippen molar-refractivity contribution in [1.29, 1.82) is 0 Å². The maximum atomic E-state index is 11.2. The van der Waals surface area contributed by atoms with Crippen molar-refractivity contribution in [2.75, 3.05) is 18.5 Å². The summed E-state index contributed by atoms with van der Waals surface area (Å²) in [5.41, 5.74) is 1.81. The summed E-state index contributed by atoms with van der Waals surface area (Å²) in [6.07, 6.45) is 3.78. The van der Waals surface area contributed by atoms with Gasteiger partial charge in [-0.3, -0.25) is 4.79 Å². The second-order valence-corrected chi connectivity index (χ2v) is 3.86. The first-order valence-electron chi connectivity index (χ1n) is 5.88. The Morgan fingerprint density at radius 2 is 2.33 bits per heavy atom. The van der Waals surface area contributed by atoms with Gasteiger partial charge >= 0.3 is 5.97 Å². The fraction of sp³-hybridized carbons (Fsp3) is 0.417. The SMILES string of the molecule is CCOC(=O)CCNc1nccc2c1ncn2C. The molecule has 2 heterocycles. The number of esters is 1. The third-order valence-corrected chi connectivity index (χ3v) is 2.57. The number of carbonyl (C=O) groups excluding carboxylic acids is 1. The summed E-state index contributed by atoms with van der Waals surface area (Å²) < 4.78 is 6.78. The second kappa shape index (κ2) is 5.48. The molecule has 18 heavy (non-hydrogen) atoms. The van der Waals surface area contributed by atoms with Crippen molar-refractivity contribution >= 4 is 22.8 Å². The number of anilines is 1. The number of nitrogens with one attached hydrogen (secondary N) is 1. The molecule has 0 radical (unpaired) electrons. The molecule has 0 unspecified atom stereocenters. The van der Waals surface area contributed by atoms with Crippen LogP contribution in [-0.4, -0.2) is 33.7 Å². The minimum Gasteiger partial charge on any atom is -0.466 e. The zero-order valence-electron chi connectivity index (χ0n) is 10.5. The molecule has 0 aliphatic carbocycles. The van der Waals surface area contributed by atoms with Crippen LogP contribution < -0.4 is 5.32 Å². The summed E-state index contributed by atoms with van der Waals surface area (Å²) in [6.45, 7) is 2.69. The number of rotatable bonds is 5. The third kappa shape index (κ3) is 2.58. The minimum atomic E-state index is -0.210. The van der Waals surface area contributed by atoms with E-state index in [0.717, 1.165) is 11.0 Å². The Kier molecular flexibility index (Phi) is 3.76. The lowest BCUT2D eigenvalue weighted by molar-refractivity contribution is -0.142. The van der Waals surface area contributed by atoms with Crippen molar-refractivity contribution in [3.8, 4) is 0 Å². The molecule has 0 aromatic carbocycles. The predicted molar refractivity (Wildman–Crippen MR) is 68.2 cm³/mol. The third-order valence-electron chi connectivity index (χ3n) is 2.57. The molecule has 0 atom stereocenters. The quantitative estimate of drug-likeness (QED) is 0.808. The maximum absolute atomic E-state index is 11.2. The van der Waals surface area contributed by atoms with Gasteiger partial charge < -0.3 is 14.6 Å². The van der Waals surface area contributed by atoms with Crippen LogP contribution in [-0.2, 0) is 16.6 Å². The summed E-state index contributed by atoms with van der Waals surface area (Å²) in [5, 5.41) is 3.10. The number of imidazole rings is 1. The van der Waals surface area contributed by atoms with E-state index >= 15 is 0 Å². The summed E-state index contributed by atoms with van der Waals surface area (Å²) in [6, 6.07) is 1.90. The van der Waals surface area contributed by atoms with Crippen LogP contribution in [0.2, 0.25) is 0 Å². The van der Waals surface area contributed by atoms with Gasteiger partial charge in [0.15, 0.2) is 5.82 Å². The highest BCUT2D eigenvalue weighted by atomic mass is 16.5. The van der Waals surface area contributed by atoms with E-state index < -0.39 is 0 Å². The van der Waals surface area contributed by atoms with Crippen LogP contribution in [0.25, 0.3) is 11.0 Å². The van der Waals surface area contributed by atoms with Crippen LogP contribution in [0.15, 0.2) is 18.6 Å². The van der Waals surface area contributed by atoms with E-state index in [1.54, 1.807) is 19.4 Å². The van der Waals surface area contributed by atoms with Gasteiger partial charge in [0, 0.05) is 19.8 Å². The number of nitrogens with zero attached hydrogens (tertiary/aromatic N) is 3. The molecule has 1 N–H and O–H groups in total. The van der Waals surface area contributed by atoms with Gasteiger partial charge in [0.2, 0.25) is 0 Å². The average Bonchev–Trinajstić information content (AvgIpc) is 2.73. The number of aromatic nitrogens is 3. The molecular formula is C12H16N4O2. The molecule has 0 fully saturated rings. The molecule has 0 saturated heterocycles. The molecule has 0 aliphatic heterocycles. The number of ether oxygens (including phenoxy) is 1. The van der Waals surface area contributed by atoms with Crippen LogP contribution >= 0.6 is 0 Å². The van der Waals surface area contributed by atoms with Gasteiger partial charge in [-0.2, -0.15) is 0 Å². The van der Waals surface area contributed by atoms with Crippen LogP contribution in [0, 0.1) is 0 Å². The van der Waals surface area contributed by atoms with Gasteiger partial charge in [-0.1, -0.05) is 0 Å². The summed E-state index contributed by atoms with van der Waals surface area (Å²) in [5.74, 6) is 0.482. The van der Waals surface area contributed by atoms with Crippen molar-refractivity contribution in [1.82, 2.24) is 14.5 Å². The second-order valence-electron chi connectivity index (χ2n) is 3.86. The molecule has 0 spiro atoms. The van der Waals surface area contributed by atoms with E-state index in [1.807, 2.05) is 17.7 Å². The maximum Gasteiger partial charge on any atom is 0.307 e. The van der Waals surface area contributed by atoms with Gasteiger partial charge in [-0.15, -0.1) is 0 Å². The van der Waals surface area contributed by atoms with E-state index in [4.69, 9.17) is 4.74 Å². The highest BCUT2D eigenvalue weighted by Crippen LogP contribution is 2.18. The molecule has 2 aromatic rings. The minimum absolute atomic E-state index is 0.210. The molecule has 6 nitrogen and oxygen atoms in total. The topological polar surface area (TPSA) is 69.0 Å². The van der Waals surface area contributed by atoms with Crippen molar-refractivity contribution in [3.05, 3.63) is 18.6 Å². The zero-order valence-corrected chi connectivity index (χ0v) is 10.5. The van der Waals surface area contributed by atoms with Gasteiger partial charge in [-0.25, -0.2) is 9.97 Å². The van der Waals surface area contributed by atoms with Gasteiger partial charge in [-0.05, 0) is 13.0 Å². The molecule has 2 rings (SSSR count). The first-order chi connectivity index (χ1) is 8.72. The first-order valence-corrected chi connectivity index (χ1v) is 5.88. The number of hydrogen-bond donors (Lipinski definition) is 1. The average molecular weight is 248 g/mol. The monoisotopic (exact) mass is 248 g/mol. The van der Waals surface area contributed by atoms with Crippen LogP contribution in [0.5, 0.6) is 0 Å². The fourth-order valence-electron chi connectivity index (χ4n) is 1.71. The molecule has 0 saturated carbocycles. The van der Waals surface area contributed by atoms with E-state index in [1.165, 1.54) is 0 Å². The highest BCUT2D eigenvalue weighted by molar-refractivity contribution is 5.85. The molecule has 2 aromatic heterocycles. The standard InChI is InChI=1S/C12H16N4O2/c1-3-18-10(17)5-7-14-12-11-9(4-6-13-12)16(2)8-15-11/h4,6,8H,3,5,7H2,1-2H3,(H,13,14). The van der Waals surface area contributed by atoms with Gasteiger partial charge in [0.1, 0.15) is 5.52 Å². The van der Waals surface area contributed by atoms with Crippen LogP contribution in [0.3, 0.4) is 0 Å². The van der Waals surface area contributed by atoms with E-state index in [2.05, 4.69) is 15.3 Å². The van der Waals surface area contributed by atoms with Crippen LogP contribution in [0.1, 0.15) is 13.3 Å². The number of hydrogen-bond acceptors (Lipinski definition) is 5. The number of carbonyl (C=O) groups is 1. The van der Waals surface area contributed by atoms with Crippen molar-refractivity contribution in [3.63, 3.8) is 0 Å². The normalized spacial score (nSPS) is 10.6. The molecule has 0 aliphatic rings. The molecule has 6 heteroatoms. The summed E-state index contributed by atoms with van der Waals surface area (Å²) in [4.78, 5) is 19.7. The Balaban J connectivity index is 2.01. The van der Waals surface area contributed by atoms with E-state index in [9.17, 15) is 4.79 Å².